The van der Waals surface area contributed by atoms with Crippen molar-refractivity contribution in [2.75, 3.05) is 18.0 Å². The molecule has 0 aliphatic carbocycles. The molecule has 2 heterocycles. The fourth-order valence-corrected chi connectivity index (χ4v) is 4.08. The average Bonchev–Trinajstić information content (AvgIpc) is 3.32. The largest absolute Gasteiger partial charge is 0.487 e. The molecule has 1 aliphatic rings. The van der Waals surface area contributed by atoms with Crippen LogP contribution in [0.5, 0.6) is 17.2 Å². The van der Waals surface area contributed by atoms with Gasteiger partial charge in [0.1, 0.15) is 23.4 Å². The van der Waals surface area contributed by atoms with E-state index in [-0.39, 0.29) is 11.7 Å². The topological polar surface area (TPSA) is 63.9 Å². The van der Waals surface area contributed by atoms with Crippen LogP contribution in [0.15, 0.2) is 91.3 Å². The van der Waals surface area contributed by atoms with E-state index in [9.17, 15) is 9.90 Å². The summed E-state index contributed by atoms with van der Waals surface area (Å²) in [4.78, 5) is 13.9. The number of hydrogen-bond acceptors (Lipinski definition) is 4. The van der Waals surface area contributed by atoms with Crippen LogP contribution in [0, 0.1) is 0 Å². The Hall–Kier alpha value is -3.90. The lowest BCUT2D eigenvalue weighted by molar-refractivity contribution is 0.0697. The molecule has 166 valence electrons. The molecular formula is C26H21ClN2O4. The van der Waals surface area contributed by atoms with Gasteiger partial charge in [0.15, 0.2) is 0 Å². The minimum Gasteiger partial charge on any atom is -0.487 e. The van der Waals surface area contributed by atoms with Crippen molar-refractivity contribution in [3.63, 3.8) is 0 Å². The van der Waals surface area contributed by atoms with E-state index in [1.54, 1.807) is 24.3 Å². The summed E-state index contributed by atoms with van der Waals surface area (Å²) >= 11 is 6.40. The molecule has 1 aromatic heterocycles. The minimum atomic E-state index is -0.957. The number of ether oxygens (including phenoxy) is 2. The second kappa shape index (κ2) is 8.92. The standard InChI is InChI=1S/C26H21ClN2O4/c27-22-15-19(11-12-24(22)33-18-7-2-1-3-8-18)32-20-16-29(17-20)23-10-6-9-21(26(30)31)25(23)28-13-4-5-14-28/h1-15,20H,16-17H2,(H,30,31). The van der Waals surface area contributed by atoms with Gasteiger partial charge in [-0.25, -0.2) is 4.79 Å². The second-order valence-corrected chi connectivity index (χ2v) is 8.13. The number of hydrogen-bond donors (Lipinski definition) is 1. The van der Waals surface area contributed by atoms with E-state index in [1.165, 1.54) is 0 Å². The van der Waals surface area contributed by atoms with Crippen molar-refractivity contribution >= 4 is 23.3 Å². The Morgan fingerprint density at radius 2 is 1.67 bits per heavy atom. The Bertz CT molecular complexity index is 1270. The van der Waals surface area contributed by atoms with Crippen molar-refractivity contribution in [3.8, 4) is 22.9 Å². The summed E-state index contributed by atoms with van der Waals surface area (Å²) in [5.74, 6) is 0.980. The molecule has 33 heavy (non-hydrogen) atoms. The number of carboxylic acid groups (broad SMARTS) is 1. The highest BCUT2D eigenvalue weighted by atomic mass is 35.5. The van der Waals surface area contributed by atoms with Crippen LogP contribution in [-0.2, 0) is 0 Å². The average molecular weight is 461 g/mol. The van der Waals surface area contributed by atoms with Crippen molar-refractivity contribution < 1.29 is 19.4 Å². The monoisotopic (exact) mass is 460 g/mol. The lowest BCUT2D eigenvalue weighted by Crippen LogP contribution is -2.54. The fourth-order valence-electron chi connectivity index (χ4n) is 3.87. The van der Waals surface area contributed by atoms with Gasteiger partial charge in [0, 0.05) is 18.5 Å². The predicted octanol–water partition coefficient (Wildman–Crippen LogP) is 5.89. The van der Waals surface area contributed by atoms with Crippen LogP contribution in [0.2, 0.25) is 5.02 Å². The van der Waals surface area contributed by atoms with Crippen molar-refractivity contribution in [2.24, 2.45) is 0 Å². The lowest BCUT2D eigenvalue weighted by Gasteiger charge is -2.41. The fraction of sp³-hybridized carbons (Fsp3) is 0.115. The minimum absolute atomic E-state index is 0.0343. The van der Waals surface area contributed by atoms with Crippen molar-refractivity contribution in [2.45, 2.75) is 6.10 Å². The van der Waals surface area contributed by atoms with Gasteiger partial charge in [-0.15, -0.1) is 0 Å². The maximum absolute atomic E-state index is 11.8. The maximum Gasteiger partial charge on any atom is 0.337 e. The number of benzene rings is 3. The molecule has 6 nitrogen and oxygen atoms in total. The van der Waals surface area contributed by atoms with E-state index in [0.717, 1.165) is 5.69 Å². The van der Waals surface area contributed by atoms with Crippen LogP contribution >= 0.6 is 11.6 Å². The summed E-state index contributed by atoms with van der Waals surface area (Å²) in [5, 5.41) is 10.1. The summed E-state index contributed by atoms with van der Waals surface area (Å²) < 4.78 is 13.7. The highest BCUT2D eigenvalue weighted by molar-refractivity contribution is 6.32. The van der Waals surface area contributed by atoms with Crippen molar-refractivity contribution in [3.05, 3.63) is 102 Å². The van der Waals surface area contributed by atoms with Crippen LogP contribution < -0.4 is 14.4 Å². The van der Waals surface area contributed by atoms with E-state index >= 15 is 0 Å². The first-order valence-corrected chi connectivity index (χ1v) is 10.9. The van der Waals surface area contributed by atoms with Gasteiger partial charge < -0.3 is 24.0 Å². The van der Waals surface area contributed by atoms with E-state index in [2.05, 4.69) is 4.90 Å². The third-order valence-corrected chi connectivity index (χ3v) is 5.77. The molecule has 0 bridgehead atoms. The van der Waals surface area contributed by atoms with Crippen LogP contribution in [0.4, 0.5) is 5.69 Å². The molecule has 1 aliphatic heterocycles. The molecule has 1 N–H and O–H groups in total. The van der Waals surface area contributed by atoms with Gasteiger partial charge in [-0.2, -0.15) is 0 Å². The molecular weight excluding hydrogens is 440 g/mol. The van der Waals surface area contributed by atoms with Gasteiger partial charge in [-0.1, -0.05) is 35.9 Å². The molecule has 0 atom stereocenters. The molecule has 0 amide bonds. The third kappa shape index (κ3) is 4.38. The highest BCUT2D eigenvalue weighted by Crippen LogP contribution is 2.35. The van der Waals surface area contributed by atoms with Gasteiger partial charge in [0.05, 0.1) is 35.1 Å². The van der Waals surface area contributed by atoms with Gasteiger partial charge in [-0.3, -0.25) is 0 Å². The number of rotatable bonds is 7. The second-order valence-electron chi connectivity index (χ2n) is 7.72. The van der Waals surface area contributed by atoms with Gasteiger partial charge >= 0.3 is 5.97 Å². The van der Waals surface area contributed by atoms with Crippen LogP contribution in [0.1, 0.15) is 10.4 Å². The number of aromatic nitrogens is 1. The number of anilines is 1. The maximum atomic E-state index is 11.8. The molecule has 5 rings (SSSR count). The zero-order valence-corrected chi connectivity index (χ0v) is 18.4. The Morgan fingerprint density at radius 1 is 0.909 bits per heavy atom. The zero-order valence-electron chi connectivity index (χ0n) is 17.6. The molecule has 0 radical (unpaired) electrons. The van der Waals surface area contributed by atoms with Crippen LogP contribution in [0.3, 0.4) is 0 Å². The quantitative estimate of drug-likeness (QED) is 0.372. The zero-order chi connectivity index (χ0) is 22.8. The van der Waals surface area contributed by atoms with Crippen molar-refractivity contribution in [1.82, 2.24) is 4.57 Å². The first kappa shape index (κ1) is 21.0. The number of carbonyl (C=O) groups is 1. The first-order chi connectivity index (χ1) is 16.1. The predicted molar refractivity (Wildman–Crippen MR) is 127 cm³/mol. The van der Waals surface area contributed by atoms with E-state index in [1.807, 2.05) is 71.6 Å². The SMILES string of the molecule is O=C(O)c1cccc(N2CC(Oc3ccc(Oc4ccccc4)c(Cl)c3)C2)c1-n1cccc1. The number of carboxylic acids is 1. The van der Waals surface area contributed by atoms with E-state index in [0.29, 0.717) is 41.0 Å². The molecule has 7 heteroatoms. The summed E-state index contributed by atoms with van der Waals surface area (Å²) in [6.45, 7) is 1.27. The Labute approximate surface area is 196 Å². The molecule has 1 fully saturated rings. The number of aromatic carboxylic acids is 1. The number of nitrogens with zero attached hydrogens (tertiary/aromatic N) is 2. The molecule has 0 unspecified atom stereocenters. The molecule has 0 spiro atoms. The van der Waals surface area contributed by atoms with Crippen LogP contribution in [-0.4, -0.2) is 34.8 Å². The summed E-state index contributed by atoms with van der Waals surface area (Å²) in [7, 11) is 0. The van der Waals surface area contributed by atoms with Gasteiger partial charge in [-0.05, 0) is 48.5 Å². The highest BCUT2D eigenvalue weighted by Gasteiger charge is 2.32. The summed E-state index contributed by atoms with van der Waals surface area (Å²) in [6, 6.07) is 23.9. The molecule has 3 aromatic carbocycles. The molecule has 4 aromatic rings. The molecule has 1 saturated heterocycles. The number of halogens is 1. The van der Waals surface area contributed by atoms with E-state index < -0.39 is 5.97 Å². The lowest BCUT2D eigenvalue weighted by atomic mass is 10.1. The molecule has 0 saturated carbocycles. The smallest absolute Gasteiger partial charge is 0.337 e. The summed E-state index contributed by atoms with van der Waals surface area (Å²) in [5.41, 5.74) is 1.77. The first-order valence-electron chi connectivity index (χ1n) is 10.5. The van der Waals surface area contributed by atoms with Gasteiger partial charge in [0.25, 0.3) is 0 Å². The Morgan fingerprint density at radius 3 is 2.36 bits per heavy atom. The van der Waals surface area contributed by atoms with Crippen molar-refractivity contribution in [1.29, 1.82) is 0 Å². The number of para-hydroxylation sites is 2. The van der Waals surface area contributed by atoms with E-state index in [4.69, 9.17) is 21.1 Å². The van der Waals surface area contributed by atoms with Crippen LogP contribution in [0.25, 0.3) is 5.69 Å². The Kier molecular flexibility index (Phi) is 5.67. The summed E-state index contributed by atoms with van der Waals surface area (Å²) in [6.07, 6.45) is 3.66. The van der Waals surface area contributed by atoms with Gasteiger partial charge in [0.2, 0.25) is 0 Å². The third-order valence-electron chi connectivity index (χ3n) is 5.47. The Balaban J connectivity index is 1.28. The normalized spacial score (nSPS) is 13.4.